The number of carbonyl (C=O) groups excluding carboxylic acids is 1. The predicted molar refractivity (Wildman–Crippen MR) is 84.9 cm³/mol. The van der Waals surface area contributed by atoms with E-state index in [-0.39, 0.29) is 11.9 Å². The minimum atomic E-state index is 0.0874. The summed E-state index contributed by atoms with van der Waals surface area (Å²) in [6.45, 7) is 6.10. The van der Waals surface area contributed by atoms with E-state index in [9.17, 15) is 4.79 Å². The fraction of sp³-hybridized carbons (Fsp3) is 0.562. The van der Waals surface area contributed by atoms with Crippen LogP contribution in [-0.2, 0) is 17.8 Å². The largest absolute Gasteiger partial charge is 0.493 e. The van der Waals surface area contributed by atoms with Crippen LogP contribution in [0.2, 0.25) is 5.02 Å². The van der Waals surface area contributed by atoms with Crippen molar-refractivity contribution in [2.45, 2.75) is 45.7 Å². The lowest BCUT2D eigenvalue weighted by atomic mass is 10.1. The maximum Gasteiger partial charge on any atom is 0.221 e. The first-order chi connectivity index (χ1) is 10.1. The Bertz CT molecular complexity index is 505. The Morgan fingerprint density at radius 2 is 2.29 bits per heavy atom. The third kappa shape index (κ3) is 4.61. The summed E-state index contributed by atoms with van der Waals surface area (Å²) in [5.74, 6) is 1.04. The maximum absolute atomic E-state index is 11.7. The molecule has 0 aliphatic carbocycles. The summed E-state index contributed by atoms with van der Waals surface area (Å²) >= 11 is 6.12. The molecule has 21 heavy (non-hydrogen) atoms. The van der Waals surface area contributed by atoms with E-state index in [0.717, 1.165) is 35.8 Å². The van der Waals surface area contributed by atoms with Gasteiger partial charge in [0.2, 0.25) is 5.91 Å². The van der Waals surface area contributed by atoms with Crippen molar-refractivity contribution in [1.29, 1.82) is 0 Å². The number of benzene rings is 1. The molecular formula is C16H23ClN2O2. The summed E-state index contributed by atoms with van der Waals surface area (Å²) in [6.07, 6.45) is 2.35. The summed E-state index contributed by atoms with van der Waals surface area (Å²) in [5.41, 5.74) is 2.24. The van der Waals surface area contributed by atoms with Crippen LogP contribution in [0.25, 0.3) is 0 Å². The quantitative estimate of drug-likeness (QED) is 0.761. The smallest absolute Gasteiger partial charge is 0.221 e. The van der Waals surface area contributed by atoms with Gasteiger partial charge in [0, 0.05) is 42.6 Å². The van der Waals surface area contributed by atoms with Gasteiger partial charge in [-0.15, -0.1) is 0 Å². The highest BCUT2D eigenvalue weighted by atomic mass is 35.5. The molecule has 0 saturated heterocycles. The molecule has 1 aromatic carbocycles. The Morgan fingerprint density at radius 1 is 1.48 bits per heavy atom. The number of amides is 1. The second-order valence-corrected chi connectivity index (χ2v) is 5.89. The summed E-state index contributed by atoms with van der Waals surface area (Å²) < 4.78 is 5.65. The molecule has 0 fully saturated rings. The Balaban J connectivity index is 1.78. The van der Waals surface area contributed by atoms with Crippen molar-refractivity contribution in [2.75, 3.05) is 13.2 Å². The van der Waals surface area contributed by atoms with Crippen LogP contribution in [0.5, 0.6) is 5.75 Å². The monoisotopic (exact) mass is 310 g/mol. The van der Waals surface area contributed by atoms with E-state index in [1.54, 1.807) is 0 Å². The van der Waals surface area contributed by atoms with Crippen molar-refractivity contribution < 1.29 is 9.53 Å². The van der Waals surface area contributed by atoms with E-state index < -0.39 is 0 Å². The number of fused-ring (bicyclic) bond motifs is 1. The van der Waals surface area contributed by atoms with Gasteiger partial charge in [0.15, 0.2) is 0 Å². The van der Waals surface area contributed by atoms with Gasteiger partial charge in [0.1, 0.15) is 5.75 Å². The van der Waals surface area contributed by atoms with Crippen molar-refractivity contribution in [3.63, 3.8) is 0 Å². The zero-order valence-electron chi connectivity index (χ0n) is 12.7. The number of carbonyl (C=O) groups is 1. The van der Waals surface area contributed by atoms with Gasteiger partial charge in [-0.2, -0.15) is 0 Å². The number of hydrogen-bond donors (Lipinski definition) is 2. The third-order valence-electron chi connectivity index (χ3n) is 3.69. The van der Waals surface area contributed by atoms with Crippen LogP contribution in [0.4, 0.5) is 0 Å². The van der Waals surface area contributed by atoms with Crippen molar-refractivity contribution in [3.05, 3.63) is 28.3 Å². The van der Waals surface area contributed by atoms with Crippen molar-refractivity contribution >= 4 is 17.5 Å². The molecule has 0 aromatic heterocycles. The molecule has 2 rings (SSSR count). The lowest BCUT2D eigenvalue weighted by Gasteiger charge is -2.12. The van der Waals surface area contributed by atoms with Gasteiger partial charge in [-0.1, -0.05) is 18.5 Å². The SMILES string of the molecule is CCC(C)NC(=O)CCNCc1cc(Cl)cc2c1OCC2. The van der Waals surface area contributed by atoms with Gasteiger partial charge < -0.3 is 15.4 Å². The zero-order chi connectivity index (χ0) is 15.2. The summed E-state index contributed by atoms with van der Waals surface area (Å²) in [7, 11) is 0. The fourth-order valence-corrected chi connectivity index (χ4v) is 2.61. The van der Waals surface area contributed by atoms with Gasteiger partial charge in [0.05, 0.1) is 6.61 Å². The number of ether oxygens (including phenoxy) is 1. The molecule has 0 radical (unpaired) electrons. The van der Waals surface area contributed by atoms with Crippen LogP contribution in [0.1, 0.15) is 37.8 Å². The topological polar surface area (TPSA) is 50.4 Å². The third-order valence-corrected chi connectivity index (χ3v) is 3.91. The summed E-state index contributed by atoms with van der Waals surface area (Å²) in [4.78, 5) is 11.7. The normalized spacial score (nSPS) is 14.4. The van der Waals surface area contributed by atoms with Crippen molar-refractivity contribution in [2.24, 2.45) is 0 Å². The van der Waals surface area contributed by atoms with Gasteiger partial charge in [-0.3, -0.25) is 4.79 Å². The van der Waals surface area contributed by atoms with Crippen molar-refractivity contribution in [3.8, 4) is 5.75 Å². The first kappa shape index (κ1) is 16.1. The van der Waals surface area contributed by atoms with E-state index >= 15 is 0 Å². The standard InChI is InChI=1S/C16H23ClN2O2/c1-3-11(2)19-15(20)4-6-18-10-13-9-14(17)8-12-5-7-21-16(12)13/h8-9,11,18H,3-7,10H2,1-2H3,(H,19,20). The fourth-order valence-electron chi connectivity index (χ4n) is 2.35. The Morgan fingerprint density at radius 3 is 3.05 bits per heavy atom. The van der Waals surface area contributed by atoms with Gasteiger partial charge >= 0.3 is 0 Å². The predicted octanol–water partition coefficient (Wildman–Crippen LogP) is 2.67. The van der Waals surface area contributed by atoms with Crippen LogP contribution < -0.4 is 15.4 Å². The Labute approximate surface area is 131 Å². The minimum absolute atomic E-state index is 0.0874. The second kappa shape index (κ2) is 7.66. The molecular weight excluding hydrogens is 288 g/mol. The minimum Gasteiger partial charge on any atom is -0.493 e. The van der Waals surface area contributed by atoms with Crippen LogP contribution >= 0.6 is 11.6 Å². The first-order valence-corrected chi connectivity index (χ1v) is 7.92. The molecule has 1 atom stereocenters. The Hall–Kier alpha value is -1.26. The molecule has 0 saturated carbocycles. The number of nitrogens with one attached hydrogen (secondary N) is 2. The van der Waals surface area contributed by atoms with E-state index in [4.69, 9.17) is 16.3 Å². The molecule has 1 heterocycles. The van der Waals surface area contributed by atoms with Crippen molar-refractivity contribution in [1.82, 2.24) is 10.6 Å². The van der Waals surface area contributed by atoms with Crippen LogP contribution in [0.3, 0.4) is 0 Å². The highest BCUT2D eigenvalue weighted by Crippen LogP contribution is 2.32. The molecule has 1 amide bonds. The van der Waals surface area contributed by atoms with E-state index in [1.807, 2.05) is 19.1 Å². The molecule has 0 bridgehead atoms. The highest BCUT2D eigenvalue weighted by molar-refractivity contribution is 6.30. The van der Waals surface area contributed by atoms with Gasteiger partial charge in [-0.05, 0) is 31.0 Å². The second-order valence-electron chi connectivity index (χ2n) is 5.46. The highest BCUT2D eigenvalue weighted by Gasteiger charge is 2.17. The number of rotatable bonds is 7. The molecule has 1 aliphatic heterocycles. The lowest BCUT2D eigenvalue weighted by molar-refractivity contribution is -0.121. The van der Waals surface area contributed by atoms with Gasteiger partial charge in [-0.25, -0.2) is 0 Å². The molecule has 1 aromatic rings. The van der Waals surface area contributed by atoms with Crippen LogP contribution in [0, 0.1) is 0 Å². The molecule has 2 N–H and O–H groups in total. The van der Waals surface area contributed by atoms with Crippen LogP contribution in [-0.4, -0.2) is 25.1 Å². The number of hydrogen-bond acceptors (Lipinski definition) is 3. The van der Waals surface area contributed by atoms with Crippen LogP contribution in [0.15, 0.2) is 12.1 Å². The molecule has 1 unspecified atom stereocenters. The van der Waals surface area contributed by atoms with E-state index in [2.05, 4.69) is 17.6 Å². The number of halogens is 1. The summed E-state index contributed by atoms with van der Waals surface area (Å²) in [5, 5.41) is 6.98. The Kier molecular flexibility index (Phi) is 5.88. The average molecular weight is 311 g/mol. The molecule has 5 heteroatoms. The molecule has 0 spiro atoms. The maximum atomic E-state index is 11.7. The van der Waals surface area contributed by atoms with E-state index in [1.165, 1.54) is 5.56 Å². The van der Waals surface area contributed by atoms with Gasteiger partial charge in [0.25, 0.3) is 0 Å². The van der Waals surface area contributed by atoms with E-state index in [0.29, 0.717) is 19.5 Å². The lowest BCUT2D eigenvalue weighted by Crippen LogP contribution is -2.33. The first-order valence-electron chi connectivity index (χ1n) is 7.54. The average Bonchev–Trinajstić information content (AvgIpc) is 2.91. The summed E-state index contributed by atoms with van der Waals surface area (Å²) in [6, 6.07) is 4.13. The molecule has 4 nitrogen and oxygen atoms in total. The molecule has 116 valence electrons. The molecule has 1 aliphatic rings. The zero-order valence-corrected chi connectivity index (χ0v) is 13.4.